The molecule has 39 heavy (non-hydrogen) atoms. The summed E-state index contributed by atoms with van der Waals surface area (Å²) in [4.78, 5) is 3.99. The molecule has 5 aromatic rings. The summed E-state index contributed by atoms with van der Waals surface area (Å²) in [5.41, 5.74) is 8.46. The lowest BCUT2D eigenvalue weighted by Gasteiger charge is -2.14. The fraction of sp³-hybridized carbons (Fsp3) is 0.118. The van der Waals surface area contributed by atoms with Crippen molar-refractivity contribution in [2.45, 2.75) is 45.2 Å². The minimum Gasteiger partial charge on any atom is -0.219 e. The van der Waals surface area contributed by atoms with Gasteiger partial charge in [-0.2, -0.15) is 0 Å². The minimum atomic E-state index is -3.52. The molecule has 0 N–H and O–H groups in total. The van der Waals surface area contributed by atoms with E-state index in [9.17, 15) is 8.42 Å². The first-order valence-electron chi connectivity index (χ1n) is 12.7. The van der Waals surface area contributed by atoms with Gasteiger partial charge < -0.3 is 0 Å². The lowest BCUT2D eigenvalue weighted by molar-refractivity contribution is 0.596. The van der Waals surface area contributed by atoms with Gasteiger partial charge in [0.05, 0.1) is 9.79 Å². The van der Waals surface area contributed by atoms with Crippen molar-refractivity contribution >= 4 is 33.4 Å². The molecule has 0 radical (unpaired) electrons. The monoisotopic (exact) mass is 566 g/mol. The Morgan fingerprint density at radius 2 is 0.897 bits per heavy atom. The van der Waals surface area contributed by atoms with E-state index in [0.29, 0.717) is 9.79 Å². The number of thioether (sulfide) groups is 1. The third-order valence-corrected chi connectivity index (χ3v) is 10.4. The summed E-state index contributed by atoms with van der Waals surface area (Å²) in [7, 11) is -3.52. The van der Waals surface area contributed by atoms with Crippen LogP contribution in [-0.2, 0) is 9.84 Å². The van der Waals surface area contributed by atoms with Crippen molar-refractivity contribution in [3.05, 3.63) is 126 Å². The van der Waals surface area contributed by atoms with E-state index in [1.54, 1.807) is 47.8 Å². The van der Waals surface area contributed by atoms with Gasteiger partial charge in [-0.1, -0.05) is 65.9 Å². The van der Waals surface area contributed by atoms with E-state index in [1.807, 2.05) is 31.2 Å². The largest absolute Gasteiger partial charge is 0.219 e. The van der Waals surface area contributed by atoms with Crippen molar-refractivity contribution in [1.82, 2.24) is 0 Å². The van der Waals surface area contributed by atoms with Gasteiger partial charge in [-0.25, -0.2) is 8.42 Å². The third-order valence-electron chi connectivity index (χ3n) is 6.84. The molecule has 5 heteroatoms. The molecule has 0 unspecified atom stereocenters. The summed E-state index contributed by atoms with van der Waals surface area (Å²) in [6.07, 6.45) is 2.10. The van der Waals surface area contributed by atoms with Crippen LogP contribution in [0.5, 0.6) is 0 Å². The number of sulfone groups is 1. The van der Waals surface area contributed by atoms with Gasteiger partial charge in [-0.15, -0.1) is 11.8 Å². The van der Waals surface area contributed by atoms with Crippen LogP contribution in [0.3, 0.4) is 0 Å². The number of rotatable bonds is 7. The van der Waals surface area contributed by atoms with Crippen LogP contribution in [0.15, 0.2) is 134 Å². The molecule has 0 spiro atoms. The molecule has 0 atom stereocenters. The molecule has 0 aliphatic rings. The van der Waals surface area contributed by atoms with Gasteiger partial charge in [0.15, 0.2) is 0 Å². The van der Waals surface area contributed by atoms with E-state index >= 15 is 0 Å². The van der Waals surface area contributed by atoms with E-state index < -0.39 is 9.84 Å². The standard InChI is InChI=1S/C34H30O2S3/c1-23-5-17-31(18-6-23)39(35,36)32-19-15-30(16-20-32)38-29-13-9-27(10-14-29)34-22-24(2)33(21-25(34)3)26-7-11-28(37-4)12-8-26/h5-22H,1-4H3. The molecular formula is C34H30O2S3. The minimum absolute atomic E-state index is 0.306. The van der Waals surface area contributed by atoms with Crippen molar-refractivity contribution in [2.75, 3.05) is 6.26 Å². The first-order valence-corrected chi connectivity index (χ1v) is 16.2. The molecule has 0 saturated heterocycles. The lowest BCUT2D eigenvalue weighted by atomic mass is 9.92. The highest BCUT2D eigenvalue weighted by Crippen LogP contribution is 2.35. The molecule has 0 heterocycles. The summed E-state index contributed by atoms with van der Waals surface area (Å²) in [5, 5.41) is 0. The predicted molar refractivity (Wildman–Crippen MR) is 166 cm³/mol. The van der Waals surface area contributed by atoms with E-state index in [4.69, 9.17) is 0 Å². The highest BCUT2D eigenvalue weighted by Gasteiger charge is 2.17. The molecule has 196 valence electrons. The molecule has 0 fully saturated rings. The smallest absolute Gasteiger partial charge is 0.206 e. The molecular weight excluding hydrogens is 537 g/mol. The SMILES string of the molecule is CSc1ccc(-c2cc(C)c(-c3ccc(Sc4ccc(S(=O)(=O)c5ccc(C)cc5)cc4)cc3)cc2C)cc1. The Labute approximate surface area is 240 Å². The average Bonchev–Trinajstić information content (AvgIpc) is 2.95. The van der Waals surface area contributed by atoms with Crippen LogP contribution in [0.2, 0.25) is 0 Å². The van der Waals surface area contributed by atoms with Gasteiger partial charge >= 0.3 is 0 Å². The molecule has 5 aromatic carbocycles. The zero-order chi connectivity index (χ0) is 27.6. The Hall–Kier alpha value is -3.25. The zero-order valence-electron chi connectivity index (χ0n) is 22.4. The number of benzene rings is 5. The van der Waals surface area contributed by atoms with Crippen molar-refractivity contribution < 1.29 is 8.42 Å². The highest BCUT2D eigenvalue weighted by atomic mass is 32.2. The Morgan fingerprint density at radius 1 is 0.513 bits per heavy atom. The Balaban J connectivity index is 1.32. The van der Waals surface area contributed by atoms with Gasteiger partial charge in [0, 0.05) is 14.7 Å². The summed E-state index contributed by atoms with van der Waals surface area (Å²) >= 11 is 3.38. The third kappa shape index (κ3) is 6.01. The van der Waals surface area contributed by atoms with Crippen molar-refractivity contribution in [2.24, 2.45) is 0 Å². The molecule has 0 bridgehead atoms. The zero-order valence-corrected chi connectivity index (χ0v) is 24.9. The van der Waals surface area contributed by atoms with Crippen molar-refractivity contribution in [3.63, 3.8) is 0 Å². The second-order valence-electron chi connectivity index (χ2n) is 9.62. The first-order chi connectivity index (χ1) is 18.7. The summed E-state index contributed by atoms with van der Waals surface area (Å²) in [6.45, 7) is 6.29. The molecule has 0 aliphatic heterocycles. The summed E-state index contributed by atoms with van der Waals surface area (Å²) < 4.78 is 25.9. The highest BCUT2D eigenvalue weighted by molar-refractivity contribution is 7.99. The van der Waals surface area contributed by atoms with Crippen LogP contribution in [0.4, 0.5) is 0 Å². The van der Waals surface area contributed by atoms with Gasteiger partial charge in [0.1, 0.15) is 0 Å². The van der Waals surface area contributed by atoms with E-state index in [1.165, 1.54) is 38.3 Å². The summed E-state index contributed by atoms with van der Waals surface area (Å²) in [5.74, 6) is 0. The van der Waals surface area contributed by atoms with Gasteiger partial charge in [-0.3, -0.25) is 0 Å². The van der Waals surface area contributed by atoms with Gasteiger partial charge in [0.2, 0.25) is 9.84 Å². The maximum atomic E-state index is 13.0. The topological polar surface area (TPSA) is 34.1 Å². The second kappa shape index (κ2) is 11.5. The molecule has 0 amide bonds. The Bertz CT molecular complexity index is 1700. The van der Waals surface area contributed by atoms with Crippen molar-refractivity contribution in [1.29, 1.82) is 0 Å². The molecule has 0 aliphatic carbocycles. The fourth-order valence-corrected chi connectivity index (χ4v) is 7.07. The molecule has 5 rings (SSSR count). The number of hydrogen-bond donors (Lipinski definition) is 0. The molecule has 0 aromatic heterocycles. The molecule has 0 saturated carbocycles. The Morgan fingerprint density at radius 3 is 1.33 bits per heavy atom. The van der Waals surface area contributed by atoms with Crippen molar-refractivity contribution in [3.8, 4) is 22.3 Å². The van der Waals surface area contributed by atoms with Crippen LogP contribution >= 0.6 is 23.5 Å². The summed E-state index contributed by atoms with van der Waals surface area (Å²) in [6, 6.07) is 36.0. The van der Waals surface area contributed by atoms with Crippen LogP contribution in [-0.4, -0.2) is 14.7 Å². The van der Waals surface area contributed by atoms with Crippen LogP contribution in [0.1, 0.15) is 16.7 Å². The quantitative estimate of drug-likeness (QED) is 0.184. The van der Waals surface area contributed by atoms with E-state index in [0.717, 1.165) is 15.4 Å². The van der Waals surface area contributed by atoms with Gasteiger partial charge in [-0.05, 0) is 121 Å². The molecule has 2 nitrogen and oxygen atoms in total. The Kier molecular flexibility index (Phi) is 8.03. The first kappa shape index (κ1) is 27.3. The van der Waals surface area contributed by atoms with Crippen LogP contribution < -0.4 is 0 Å². The normalized spacial score (nSPS) is 11.5. The van der Waals surface area contributed by atoms with Crippen LogP contribution in [0.25, 0.3) is 22.3 Å². The lowest BCUT2D eigenvalue weighted by Crippen LogP contribution is -2.01. The van der Waals surface area contributed by atoms with E-state index in [-0.39, 0.29) is 0 Å². The number of hydrogen-bond acceptors (Lipinski definition) is 4. The number of aryl methyl sites for hydroxylation is 3. The second-order valence-corrected chi connectivity index (χ2v) is 13.6. The predicted octanol–water partition coefficient (Wildman–Crippen LogP) is 9.65. The van der Waals surface area contributed by atoms with Crippen LogP contribution in [0, 0.1) is 20.8 Å². The average molecular weight is 567 g/mol. The van der Waals surface area contributed by atoms with Gasteiger partial charge in [0.25, 0.3) is 0 Å². The maximum absolute atomic E-state index is 13.0. The maximum Gasteiger partial charge on any atom is 0.206 e. The fourth-order valence-electron chi connectivity index (χ4n) is 4.59. The van der Waals surface area contributed by atoms with E-state index in [2.05, 4.69) is 80.8 Å².